The lowest BCUT2D eigenvalue weighted by Gasteiger charge is -2.12. The summed E-state index contributed by atoms with van der Waals surface area (Å²) in [7, 11) is 0.714. The van der Waals surface area contributed by atoms with E-state index in [0.717, 1.165) is 5.56 Å². The van der Waals surface area contributed by atoms with Gasteiger partial charge in [-0.2, -0.15) is 5.26 Å². The molecule has 10 heteroatoms. The zero-order valence-electron chi connectivity index (χ0n) is 17.7. The Labute approximate surface area is 190 Å². The fourth-order valence-electron chi connectivity index (χ4n) is 2.40. The summed E-state index contributed by atoms with van der Waals surface area (Å²) in [6.07, 6.45) is 2.13. The van der Waals surface area contributed by atoms with E-state index in [0.29, 0.717) is 26.4 Å². The van der Waals surface area contributed by atoms with E-state index in [4.69, 9.17) is 9.47 Å². The molecule has 0 aliphatic rings. The predicted octanol–water partition coefficient (Wildman–Crippen LogP) is 4.73. The van der Waals surface area contributed by atoms with Crippen molar-refractivity contribution >= 4 is 43.8 Å². The zero-order chi connectivity index (χ0) is 23.0. The molecule has 8 nitrogen and oxygen atoms in total. The smallest absolute Gasteiger partial charge is 0.442 e. The summed E-state index contributed by atoms with van der Waals surface area (Å²) >= 11 is 3.41. The third-order valence-corrected chi connectivity index (χ3v) is 6.09. The standard InChI is InChI=1S/C21H23BrN4O4S/c1-5-29-21(27)25-31(4,28)17-8-6-7-15(9-17)13-30-20-11-19(24-14-26(2)3)16(12-23)10-18(20)22/h6-11,14H,5,13H2,1-4H3/b24-14-. The first-order valence-electron chi connectivity index (χ1n) is 9.21. The Kier molecular flexibility index (Phi) is 8.59. The van der Waals surface area contributed by atoms with Crippen molar-refractivity contribution in [2.24, 2.45) is 9.36 Å². The molecule has 0 heterocycles. The van der Waals surface area contributed by atoms with Gasteiger partial charge in [-0.15, -0.1) is 4.36 Å². The Hall–Kier alpha value is -2.90. The van der Waals surface area contributed by atoms with Crippen molar-refractivity contribution in [2.75, 3.05) is 27.0 Å². The topological polar surface area (TPSA) is 104 Å². The van der Waals surface area contributed by atoms with E-state index in [-0.39, 0.29) is 13.2 Å². The van der Waals surface area contributed by atoms with Gasteiger partial charge in [0.2, 0.25) is 0 Å². The highest BCUT2D eigenvalue weighted by molar-refractivity contribution is 9.10. The second-order valence-corrected chi connectivity index (χ2v) is 9.76. The molecule has 164 valence electrons. The van der Waals surface area contributed by atoms with E-state index in [1.54, 1.807) is 48.5 Å². The molecule has 1 atom stereocenters. The van der Waals surface area contributed by atoms with E-state index in [9.17, 15) is 14.3 Å². The van der Waals surface area contributed by atoms with Crippen LogP contribution in [0.15, 0.2) is 55.1 Å². The second kappa shape index (κ2) is 10.9. The van der Waals surface area contributed by atoms with E-state index in [2.05, 4.69) is 31.4 Å². The molecular weight excluding hydrogens is 484 g/mol. The zero-order valence-corrected chi connectivity index (χ0v) is 20.1. The van der Waals surface area contributed by atoms with Crippen molar-refractivity contribution < 1.29 is 18.5 Å². The fraction of sp³-hybridized carbons (Fsp3) is 0.286. The van der Waals surface area contributed by atoms with Crippen LogP contribution in [0.5, 0.6) is 5.75 Å². The average Bonchev–Trinajstić information content (AvgIpc) is 2.71. The maximum Gasteiger partial charge on any atom is 0.442 e. The van der Waals surface area contributed by atoms with Crippen molar-refractivity contribution in [1.82, 2.24) is 4.90 Å². The molecule has 0 saturated heterocycles. The van der Waals surface area contributed by atoms with Crippen molar-refractivity contribution in [3.63, 3.8) is 0 Å². The number of amides is 1. The molecule has 1 unspecified atom stereocenters. The summed E-state index contributed by atoms with van der Waals surface area (Å²) in [5.41, 5.74) is 1.62. The molecule has 0 fully saturated rings. The highest BCUT2D eigenvalue weighted by atomic mass is 79.9. The quantitative estimate of drug-likeness (QED) is 0.396. The number of ether oxygens (including phenoxy) is 2. The van der Waals surface area contributed by atoms with Gasteiger partial charge in [0.1, 0.15) is 18.4 Å². The lowest BCUT2D eigenvalue weighted by Crippen LogP contribution is -2.07. The highest BCUT2D eigenvalue weighted by Gasteiger charge is 2.12. The molecule has 0 N–H and O–H groups in total. The Morgan fingerprint density at radius 1 is 1.32 bits per heavy atom. The van der Waals surface area contributed by atoms with Crippen LogP contribution < -0.4 is 4.74 Å². The first-order chi connectivity index (χ1) is 14.7. The summed E-state index contributed by atoms with van der Waals surface area (Å²) < 4.78 is 27.8. The van der Waals surface area contributed by atoms with Gasteiger partial charge in [-0.05, 0) is 46.6 Å². The maximum atomic E-state index is 12.8. The van der Waals surface area contributed by atoms with Gasteiger partial charge in [0.05, 0.1) is 38.4 Å². The number of carbonyl (C=O) groups is 1. The molecular formula is C21H23BrN4O4S. The number of hydrogen-bond acceptors (Lipinski definition) is 6. The number of nitrogens with zero attached hydrogens (tertiary/aromatic N) is 4. The lowest BCUT2D eigenvalue weighted by molar-refractivity contribution is 0.164. The first-order valence-corrected chi connectivity index (χ1v) is 11.9. The molecule has 31 heavy (non-hydrogen) atoms. The molecule has 1 amide bonds. The van der Waals surface area contributed by atoms with Gasteiger partial charge in [0.15, 0.2) is 0 Å². The van der Waals surface area contributed by atoms with E-state index >= 15 is 0 Å². The van der Waals surface area contributed by atoms with E-state index < -0.39 is 15.8 Å². The van der Waals surface area contributed by atoms with Crippen LogP contribution in [-0.4, -0.2) is 48.5 Å². The summed E-state index contributed by atoms with van der Waals surface area (Å²) in [6.45, 7) is 1.98. The van der Waals surface area contributed by atoms with Crippen LogP contribution in [0.4, 0.5) is 10.5 Å². The lowest BCUT2D eigenvalue weighted by atomic mass is 10.2. The van der Waals surface area contributed by atoms with Crippen molar-refractivity contribution in [3.05, 3.63) is 52.0 Å². The molecule has 0 aliphatic carbocycles. The molecule has 2 aromatic rings. The Bertz CT molecular complexity index is 1150. The van der Waals surface area contributed by atoms with Crippen molar-refractivity contribution in [1.29, 1.82) is 5.26 Å². The van der Waals surface area contributed by atoms with E-state index in [1.807, 2.05) is 20.2 Å². The highest BCUT2D eigenvalue weighted by Crippen LogP contribution is 2.33. The predicted molar refractivity (Wildman–Crippen MR) is 123 cm³/mol. The van der Waals surface area contributed by atoms with Crippen molar-refractivity contribution in [2.45, 2.75) is 18.4 Å². The van der Waals surface area contributed by atoms with Gasteiger partial charge in [-0.1, -0.05) is 12.1 Å². The van der Waals surface area contributed by atoms with Crippen LogP contribution in [0.25, 0.3) is 0 Å². The molecule has 0 spiro atoms. The number of benzene rings is 2. The minimum atomic E-state index is -2.95. The van der Waals surface area contributed by atoms with Gasteiger partial charge in [0.25, 0.3) is 0 Å². The summed E-state index contributed by atoms with van der Waals surface area (Å²) in [5.74, 6) is 0.503. The number of hydrogen-bond donors (Lipinski definition) is 0. The minimum Gasteiger partial charge on any atom is -0.488 e. The molecule has 0 radical (unpaired) electrons. The number of halogens is 1. The molecule has 0 aromatic heterocycles. The SMILES string of the molecule is CCOC(=O)N=S(C)(=O)c1cccc(COc2cc(/N=C\N(C)C)c(C#N)cc2Br)c1. The van der Waals surface area contributed by atoms with Gasteiger partial charge in [-0.25, -0.2) is 14.0 Å². The maximum absolute atomic E-state index is 12.8. The average molecular weight is 507 g/mol. The summed E-state index contributed by atoms with van der Waals surface area (Å²) in [4.78, 5) is 18.1. The third-order valence-electron chi connectivity index (χ3n) is 3.85. The number of nitriles is 1. The minimum absolute atomic E-state index is 0.159. The van der Waals surface area contributed by atoms with Gasteiger partial charge in [-0.3, -0.25) is 0 Å². The normalized spacial score (nSPS) is 12.6. The van der Waals surface area contributed by atoms with Crippen LogP contribution in [0.3, 0.4) is 0 Å². The molecule has 2 rings (SSSR count). The Morgan fingerprint density at radius 2 is 2.06 bits per heavy atom. The van der Waals surface area contributed by atoms with E-state index in [1.165, 1.54) is 6.26 Å². The Balaban J connectivity index is 2.27. The second-order valence-electron chi connectivity index (χ2n) is 6.65. The molecule has 2 aromatic carbocycles. The summed E-state index contributed by atoms with van der Waals surface area (Å²) in [5, 5.41) is 9.34. The van der Waals surface area contributed by atoms with Crippen LogP contribution in [0, 0.1) is 11.3 Å². The molecule has 0 aliphatic heterocycles. The number of rotatable bonds is 7. The molecule has 0 bridgehead atoms. The Morgan fingerprint density at radius 3 is 2.71 bits per heavy atom. The monoisotopic (exact) mass is 506 g/mol. The van der Waals surface area contributed by atoms with Gasteiger partial charge < -0.3 is 14.4 Å². The number of carbonyl (C=O) groups excluding carboxylic acids is 1. The molecule has 0 saturated carbocycles. The number of aliphatic imine (C=N–C) groups is 1. The van der Waals surface area contributed by atoms with Gasteiger partial charge in [0, 0.05) is 31.3 Å². The van der Waals surface area contributed by atoms with Crippen LogP contribution >= 0.6 is 15.9 Å². The van der Waals surface area contributed by atoms with Gasteiger partial charge >= 0.3 is 6.09 Å². The van der Waals surface area contributed by atoms with Crippen LogP contribution in [0.1, 0.15) is 18.1 Å². The van der Waals surface area contributed by atoms with Crippen LogP contribution in [0.2, 0.25) is 0 Å². The fourth-order valence-corrected chi connectivity index (χ4v) is 4.01. The third kappa shape index (κ3) is 7.08. The summed E-state index contributed by atoms with van der Waals surface area (Å²) in [6, 6.07) is 12.3. The van der Waals surface area contributed by atoms with Crippen LogP contribution in [-0.2, 0) is 21.1 Å². The first kappa shape index (κ1) is 24.4. The van der Waals surface area contributed by atoms with Crippen molar-refractivity contribution in [3.8, 4) is 11.8 Å². The largest absolute Gasteiger partial charge is 0.488 e.